The van der Waals surface area contributed by atoms with Gasteiger partial charge < -0.3 is 14.7 Å². The fraction of sp³-hybridized carbons (Fsp3) is 0. The quantitative estimate of drug-likeness (QED) is 0.143. The van der Waals surface area contributed by atoms with Crippen molar-refractivity contribution in [2.75, 3.05) is 14.7 Å². The number of hydrogen-bond acceptors (Lipinski definition) is 4. The topological polar surface area (TPSA) is 9.72 Å². The van der Waals surface area contributed by atoms with Crippen LogP contribution >= 0.6 is 11.3 Å². The summed E-state index contributed by atoms with van der Waals surface area (Å²) < 4.78 is 16.1. The molecule has 0 bridgehead atoms. The number of para-hydroxylation sites is 4. The monoisotopic (exact) mass is 853 g/mol. The zero-order valence-electron chi connectivity index (χ0n) is 35.2. The smallest absolute Gasteiger partial charge is 0.125 e. The third-order valence-corrected chi connectivity index (χ3v) is 13.5. The van der Waals surface area contributed by atoms with Crippen LogP contribution in [0.3, 0.4) is 0 Å². The van der Waals surface area contributed by atoms with Gasteiger partial charge in [0, 0.05) is 49.6 Å². The third kappa shape index (κ3) is 6.81. The average molecular weight is 854 g/mol. The van der Waals surface area contributed by atoms with Crippen LogP contribution in [0, 0.1) is 5.82 Å². The Balaban J connectivity index is 1.02. The van der Waals surface area contributed by atoms with E-state index in [2.05, 4.69) is 209 Å². The number of rotatable bonds is 9. The normalized spacial score (nSPS) is 11.7. The highest BCUT2D eigenvalue weighted by Gasteiger charge is 2.29. The molecule has 0 spiro atoms. The Bertz CT molecular complexity index is 3470. The fourth-order valence-corrected chi connectivity index (χ4v) is 10.6. The molecule has 0 amide bonds. The summed E-state index contributed by atoms with van der Waals surface area (Å²) in [5.41, 5.74) is 13.4. The molecule has 0 atom stereocenters. The van der Waals surface area contributed by atoms with E-state index in [0.29, 0.717) is 0 Å². The predicted molar refractivity (Wildman–Crippen MR) is 273 cm³/mol. The highest BCUT2D eigenvalue weighted by molar-refractivity contribution is 7.19. The molecular weight excluding hydrogens is 814 g/mol. The van der Waals surface area contributed by atoms with Crippen LogP contribution in [0.4, 0.5) is 54.9 Å². The van der Waals surface area contributed by atoms with Crippen LogP contribution < -0.4 is 14.7 Å². The Morgan fingerprint density at radius 2 is 1.00 bits per heavy atom. The Morgan fingerprint density at radius 1 is 0.385 bits per heavy atom. The summed E-state index contributed by atoms with van der Waals surface area (Å²) in [7, 11) is 0. The van der Waals surface area contributed by atoms with Gasteiger partial charge in [0.05, 0.1) is 17.1 Å². The zero-order chi connectivity index (χ0) is 43.3. The van der Waals surface area contributed by atoms with Crippen LogP contribution in [0.1, 0.15) is 0 Å². The molecule has 0 aliphatic carbocycles. The van der Waals surface area contributed by atoms with Crippen LogP contribution in [0.5, 0.6) is 0 Å². The molecule has 0 saturated heterocycles. The second-order valence-corrected chi connectivity index (χ2v) is 17.3. The van der Waals surface area contributed by atoms with E-state index in [1.807, 2.05) is 36.4 Å². The van der Waals surface area contributed by atoms with Crippen LogP contribution in [-0.2, 0) is 0 Å². The van der Waals surface area contributed by atoms with Crippen molar-refractivity contribution < 1.29 is 4.39 Å². The van der Waals surface area contributed by atoms with Gasteiger partial charge in [-0.25, -0.2) is 4.39 Å². The molecule has 65 heavy (non-hydrogen) atoms. The van der Waals surface area contributed by atoms with Crippen molar-refractivity contribution in [2.45, 2.75) is 0 Å². The molecule has 5 heteroatoms. The molecule has 308 valence electrons. The van der Waals surface area contributed by atoms with Crippen molar-refractivity contribution in [3.8, 4) is 32.7 Å². The van der Waals surface area contributed by atoms with Crippen molar-refractivity contribution in [1.82, 2.24) is 0 Å². The molecule has 0 unspecified atom stereocenters. The zero-order valence-corrected chi connectivity index (χ0v) is 36.0. The first-order valence-electron chi connectivity index (χ1n) is 21.9. The van der Waals surface area contributed by atoms with Gasteiger partial charge in [-0.1, -0.05) is 146 Å². The Morgan fingerprint density at radius 3 is 1.74 bits per heavy atom. The lowest BCUT2D eigenvalue weighted by Gasteiger charge is -2.35. The molecule has 1 aromatic heterocycles. The van der Waals surface area contributed by atoms with Gasteiger partial charge in [-0.3, -0.25) is 0 Å². The predicted octanol–water partition coefficient (Wildman–Crippen LogP) is 17.9. The first-order valence-corrected chi connectivity index (χ1v) is 22.7. The minimum atomic E-state index is -0.292. The van der Waals surface area contributed by atoms with Crippen molar-refractivity contribution in [2.24, 2.45) is 0 Å². The van der Waals surface area contributed by atoms with Crippen LogP contribution in [-0.4, -0.2) is 0 Å². The number of nitrogens with zero attached hydrogens (tertiary/aromatic N) is 3. The summed E-state index contributed by atoms with van der Waals surface area (Å²) in [5, 5.41) is 5.56. The van der Waals surface area contributed by atoms with Crippen molar-refractivity contribution >= 4 is 83.4 Å². The lowest BCUT2D eigenvalue weighted by Crippen LogP contribution is -2.16. The number of halogens is 1. The minimum Gasteiger partial charge on any atom is -0.310 e. The fourth-order valence-electron chi connectivity index (χ4n) is 9.56. The highest BCUT2D eigenvalue weighted by Crippen LogP contribution is 2.55. The van der Waals surface area contributed by atoms with E-state index in [1.54, 1.807) is 23.5 Å². The van der Waals surface area contributed by atoms with Gasteiger partial charge in [-0.15, -0.1) is 11.3 Å². The summed E-state index contributed by atoms with van der Waals surface area (Å²) in [6, 6.07) is 84.4. The largest absolute Gasteiger partial charge is 0.310 e. The third-order valence-electron chi connectivity index (χ3n) is 12.4. The number of benzene rings is 10. The van der Waals surface area contributed by atoms with Crippen molar-refractivity contribution in [3.63, 3.8) is 0 Å². The SMILES string of the molecule is Fc1cc(-c2cccc3ccccc23)cc(N(c2ccccc2)c2ccc3c4c(cccc24)N(c2ccccc2)c2cc(-c4ccc(N(c5ccccc5)c5ccccc5)s4)ccc2-3)c1. The van der Waals surface area contributed by atoms with Gasteiger partial charge in [0.25, 0.3) is 0 Å². The lowest BCUT2D eigenvalue weighted by atomic mass is 9.88. The van der Waals surface area contributed by atoms with Gasteiger partial charge >= 0.3 is 0 Å². The molecular formula is C60H40FN3S. The molecule has 3 nitrogen and oxygen atoms in total. The number of thiophene rings is 1. The average Bonchev–Trinajstić information content (AvgIpc) is 3.85. The summed E-state index contributed by atoms with van der Waals surface area (Å²) in [6.45, 7) is 0. The van der Waals surface area contributed by atoms with Crippen molar-refractivity contribution in [1.29, 1.82) is 0 Å². The second kappa shape index (κ2) is 16.1. The van der Waals surface area contributed by atoms with E-state index in [-0.39, 0.29) is 5.82 Å². The lowest BCUT2D eigenvalue weighted by molar-refractivity contribution is 0.628. The van der Waals surface area contributed by atoms with E-state index in [9.17, 15) is 0 Å². The molecule has 2 heterocycles. The molecule has 0 saturated carbocycles. The Hall–Kier alpha value is -8.25. The molecule has 0 N–H and O–H groups in total. The van der Waals surface area contributed by atoms with Crippen LogP contribution in [0.15, 0.2) is 243 Å². The van der Waals surface area contributed by atoms with Crippen molar-refractivity contribution in [3.05, 3.63) is 248 Å². The van der Waals surface area contributed by atoms with Gasteiger partial charge in [0.2, 0.25) is 0 Å². The Labute approximate surface area is 381 Å². The molecule has 1 aliphatic heterocycles. The number of anilines is 9. The second-order valence-electron chi connectivity index (χ2n) is 16.3. The first-order chi connectivity index (χ1) is 32.2. The summed E-state index contributed by atoms with van der Waals surface area (Å²) in [6.07, 6.45) is 0. The molecule has 10 aromatic carbocycles. The molecule has 0 fully saturated rings. The van der Waals surface area contributed by atoms with E-state index in [4.69, 9.17) is 0 Å². The maximum absolute atomic E-state index is 16.1. The summed E-state index contributed by atoms with van der Waals surface area (Å²) in [4.78, 5) is 8.11. The van der Waals surface area contributed by atoms with E-state index in [0.717, 1.165) is 99.9 Å². The van der Waals surface area contributed by atoms with E-state index < -0.39 is 0 Å². The van der Waals surface area contributed by atoms with Gasteiger partial charge in [-0.2, -0.15) is 0 Å². The number of hydrogen-bond donors (Lipinski definition) is 0. The van der Waals surface area contributed by atoms with Gasteiger partial charge in [-0.05, 0) is 130 Å². The summed E-state index contributed by atoms with van der Waals surface area (Å²) in [5.74, 6) is -0.292. The summed E-state index contributed by atoms with van der Waals surface area (Å²) >= 11 is 1.79. The maximum Gasteiger partial charge on any atom is 0.125 e. The van der Waals surface area contributed by atoms with Gasteiger partial charge in [0.1, 0.15) is 10.8 Å². The standard InChI is InChI=1S/C60H40FN3S/c61-44-37-43(51-28-15-18-41-17-13-14-27-50(41)51)38-49(40-44)62(45-19-5-1-6-20-45)55-34-33-53-52-32-31-42(39-57(52)64(48-25-11-4-12-26-48)56-30-16-29-54(55)60(53)56)58-35-36-59(65-58)63(46-21-7-2-8-22-46)47-23-9-3-10-24-47/h1-40H. The maximum atomic E-state index is 16.1. The Kier molecular flexibility index (Phi) is 9.54. The molecule has 12 rings (SSSR count). The molecule has 11 aromatic rings. The van der Waals surface area contributed by atoms with Gasteiger partial charge in [0.15, 0.2) is 0 Å². The molecule has 0 radical (unpaired) electrons. The van der Waals surface area contributed by atoms with E-state index >= 15 is 4.39 Å². The minimum absolute atomic E-state index is 0.292. The van der Waals surface area contributed by atoms with Crippen LogP contribution in [0.25, 0.3) is 54.2 Å². The molecule has 1 aliphatic rings. The first kappa shape index (κ1) is 38.4. The number of fused-ring (bicyclic) bond motifs is 3. The van der Waals surface area contributed by atoms with E-state index in [1.165, 1.54) is 4.88 Å². The highest BCUT2D eigenvalue weighted by atomic mass is 32.1. The van der Waals surface area contributed by atoms with Crippen LogP contribution in [0.2, 0.25) is 0 Å².